The first-order chi connectivity index (χ1) is 9.52. The lowest BCUT2D eigenvalue weighted by atomic mass is 10.0. The summed E-state index contributed by atoms with van der Waals surface area (Å²) in [6, 6.07) is 5.30. The van der Waals surface area contributed by atoms with Gasteiger partial charge in [-0.2, -0.15) is 0 Å². The molecule has 5 heteroatoms. The van der Waals surface area contributed by atoms with Crippen LogP contribution in [0.1, 0.15) is 34.1 Å². The molecule has 2 rings (SSSR count). The molecular formula is C15H15Cl2NO2. The van der Waals surface area contributed by atoms with Gasteiger partial charge in [0.1, 0.15) is 0 Å². The molecule has 0 spiro atoms. The smallest absolute Gasteiger partial charge is 0.340 e. The summed E-state index contributed by atoms with van der Waals surface area (Å²) in [6.07, 6.45) is 2.33. The second kappa shape index (κ2) is 6.33. The fraction of sp³-hybridized carbons (Fsp3) is 0.267. The van der Waals surface area contributed by atoms with Crippen LogP contribution < -0.4 is 0 Å². The van der Waals surface area contributed by atoms with Crippen LogP contribution in [0.15, 0.2) is 24.4 Å². The van der Waals surface area contributed by atoms with Crippen molar-refractivity contribution in [3.8, 4) is 0 Å². The molecule has 0 aliphatic heterocycles. The van der Waals surface area contributed by atoms with Crippen molar-refractivity contribution in [1.82, 2.24) is 4.98 Å². The molecule has 0 amide bonds. The molecule has 0 saturated carbocycles. The summed E-state index contributed by atoms with van der Waals surface area (Å²) in [6.45, 7) is 3.98. The quantitative estimate of drug-likeness (QED) is 0.850. The monoisotopic (exact) mass is 311 g/mol. The molecule has 1 aromatic heterocycles. The normalized spacial score (nSPS) is 10.6. The third-order valence-electron chi connectivity index (χ3n) is 3.03. The summed E-state index contributed by atoms with van der Waals surface area (Å²) in [4.78, 5) is 15.0. The van der Waals surface area contributed by atoms with Gasteiger partial charge in [-0.1, -0.05) is 23.2 Å². The Kier molecular flexibility index (Phi) is 4.73. The van der Waals surface area contributed by atoms with Crippen LogP contribution in [0.2, 0.25) is 10.0 Å². The van der Waals surface area contributed by atoms with Gasteiger partial charge in [0.05, 0.1) is 12.2 Å². The van der Waals surface area contributed by atoms with E-state index in [4.69, 9.17) is 27.9 Å². The number of hydrogen-bond donors (Lipinski definition) is 1. The van der Waals surface area contributed by atoms with Gasteiger partial charge >= 0.3 is 5.97 Å². The van der Waals surface area contributed by atoms with E-state index in [1.54, 1.807) is 31.3 Å². The van der Waals surface area contributed by atoms with Crippen LogP contribution in [0.5, 0.6) is 0 Å². The Labute approximate surface area is 127 Å². The van der Waals surface area contributed by atoms with Crippen LogP contribution in [0.4, 0.5) is 0 Å². The maximum absolute atomic E-state index is 12.0. The Morgan fingerprint density at radius 3 is 2.75 bits per heavy atom. The van der Waals surface area contributed by atoms with Gasteiger partial charge in [-0.05, 0) is 43.2 Å². The van der Waals surface area contributed by atoms with Gasteiger partial charge in [-0.15, -0.1) is 0 Å². The van der Waals surface area contributed by atoms with E-state index in [0.29, 0.717) is 28.6 Å². The third kappa shape index (κ3) is 3.17. The van der Waals surface area contributed by atoms with E-state index in [9.17, 15) is 4.79 Å². The Bertz CT molecular complexity index is 635. The number of carbonyl (C=O) groups is 1. The van der Waals surface area contributed by atoms with Crippen molar-refractivity contribution in [1.29, 1.82) is 0 Å². The highest BCUT2D eigenvalue weighted by molar-refractivity contribution is 6.33. The standard InChI is InChI=1S/C15H15Cl2NO2/c1-3-20-15(19)14-9(2)18-8-11(14)6-10-7-12(16)4-5-13(10)17/h4-5,7-8,18H,3,6H2,1-2H3. The maximum atomic E-state index is 12.0. The number of H-pyrrole nitrogens is 1. The average molecular weight is 312 g/mol. The summed E-state index contributed by atoms with van der Waals surface area (Å²) >= 11 is 12.1. The first-order valence-corrected chi connectivity index (χ1v) is 7.06. The van der Waals surface area contributed by atoms with Crippen LogP contribution in [-0.4, -0.2) is 17.6 Å². The van der Waals surface area contributed by atoms with E-state index >= 15 is 0 Å². The highest BCUT2D eigenvalue weighted by atomic mass is 35.5. The molecule has 0 aliphatic rings. The predicted octanol–water partition coefficient (Wildman–Crippen LogP) is 4.40. The number of esters is 1. The average Bonchev–Trinajstić information content (AvgIpc) is 2.75. The Hall–Kier alpha value is -1.45. The molecule has 20 heavy (non-hydrogen) atoms. The highest BCUT2D eigenvalue weighted by Crippen LogP contribution is 2.25. The SMILES string of the molecule is CCOC(=O)c1c(Cc2cc(Cl)ccc2Cl)c[nH]c1C. The van der Waals surface area contributed by atoms with Crippen molar-refractivity contribution in [2.24, 2.45) is 0 Å². The van der Waals surface area contributed by atoms with Gasteiger partial charge in [0.2, 0.25) is 0 Å². The second-order valence-electron chi connectivity index (χ2n) is 4.45. The summed E-state index contributed by atoms with van der Waals surface area (Å²) < 4.78 is 5.08. The molecular weight excluding hydrogens is 297 g/mol. The molecule has 0 atom stereocenters. The maximum Gasteiger partial charge on any atom is 0.340 e. The van der Waals surface area contributed by atoms with Gasteiger partial charge in [0, 0.05) is 28.4 Å². The molecule has 3 nitrogen and oxygen atoms in total. The summed E-state index contributed by atoms with van der Waals surface area (Å²) in [7, 11) is 0. The van der Waals surface area contributed by atoms with Crippen molar-refractivity contribution < 1.29 is 9.53 Å². The number of aromatic nitrogens is 1. The molecule has 1 N–H and O–H groups in total. The topological polar surface area (TPSA) is 42.1 Å². The summed E-state index contributed by atoms with van der Waals surface area (Å²) in [5, 5.41) is 1.25. The Balaban J connectivity index is 2.34. The minimum atomic E-state index is -0.320. The van der Waals surface area contributed by atoms with Crippen molar-refractivity contribution >= 4 is 29.2 Å². The molecule has 0 radical (unpaired) electrons. The molecule has 0 unspecified atom stereocenters. The van der Waals surface area contributed by atoms with Crippen molar-refractivity contribution in [3.63, 3.8) is 0 Å². The summed E-state index contributed by atoms with van der Waals surface area (Å²) in [5.41, 5.74) is 3.09. The first kappa shape index (κ1) is 14.9. The lowest BCUT2D eigenvalue weighted by molar-refractivity contribution is 0.0524. The van der Waals surface area contributed by atoms with Gasteiger partial charge in [-0.3, -0.25) is 0 Å². The zero-order valence-electron chi connectivity index (χ0n) is 11.3. The molecule has 0 bridgehead atoms. The lowest BCUT2D eigenvalue weighted by Crippen LogP contribution is -2.08. The zero-order chi connectivity index (χ0) is 14.7. The first-order valence-electron chi connectivity index (χ1n) is 6.30. The van der Waals surface area contributed by atoms with E-state index in [0.717, 1.165) is 16.8 Å². The molecule has 106 valence electrons. The van der Waals surface area contributed by atoms with Crippen LogP contribution >= 0.6 is 23.2 Å². The number of rotatable bonds is 4. The van der Waals surface area contributed by atoms with E-state index in [1.807, 2.05) is 6.92 Å². The summed E-state index contributed by atoms with van der Waals surface area (Å²) in [5.74, 6) is -0.320. The predicted molar refractivity (Wildman–Crippen MR) is 80.8 cm³/mol. The van der Waals surface area contributed by atoms with Crippen molar-refractivity contribution in [3.05, 3.63) is 56.8 Å². The van der Waals surface area contributed by atoms with Gasteiger partial charge in [0.25, 0.3) is 0 Å². The Morgan fingerprint density at radius 2 is 2.05 bits per heavy atom. The third-order valence-corrected chi connectivity index (χ3v) is 3.63. The van der Waals surface area contributed by atoms with Gasteiger partial charge in [-0.25, -0.2) is 4.79 Å². The minimum Gasteiger partial charge on any atom is -0.462 e. The van der Waals surface area contributed by atoms with Gasteiger partial charge < -0.3 is 9.72 Å². The van der Waals surface area contributed by atoms with Gasteiger partial charge in [0.15, 0.2) is 0 Å². The van der Waals surface area contributed by atoms with Crippen molar-refractivity contribution in [2.45, 2.75) is 20.3 Å². The van der Waals surface area contributed by atoms with E-state index in [-0.39, 0.29) is 5.97 Å². The molecule has 2 aromatic rings. The van der Waals surface area contributed by atoms with E-state index in [1.165, 1.54) is 0 Å². The number of aryl methyl sites for hydroxylation is 1. The van der Waals surface area contributed by atoms with E-state index < -0.39 is 0 Å². The second-order valence-corrected chi connectivity index (χ2v) is 5.29. The number of ether oxygens (including phenoxy) is 1. The molecule has 1 aromatic carbocycles. The van der Waals surface area contributed by atoms with E-state index in [2.05, 4.69) is 4.98 Å². The fourth-order valence-electron chi connectivity index (χ4n) is 2.09. The number of benzene rings is 1. The lowest BCUT2D eigenvalue weighted by Gasteiger charge is -2.07. The minimum absolute atomic E-state index is 0.320. The van der Waals surface area contributed by atoms with Crippen LogP contribution in [0, 0.1) is 6.92 Å². The van der Waals surface area contributed by atoms with Crippen LogP contribution in [-0.2, 0) is 11.2 Å². The van der Waals surface area contributed by atoms with Crippen LogP contribution in [0.3, 0.4) is 0 Å². The highest BCUT2D eigenvalue weighted by Gasteiger charge is 2.18. The molecule has 0 aliphatic carbocycles. The number of nitrogens with one attached hydrogen (secondary N) is 1. The molecule has 0 saturated heterocycles. The zero-order valence-corrected chi connectivity index (χ0v) is 12.8. The number of hydrogen-bond acceptors (Lipinski definition) is 2. The Morgan fingerprint density at radius 1 is 1.30 bits per heavy atom. The largest absolute Gasteiger partial charge is 0.462 e. The molecule has 0 fully saturated rings. The van der Waals surface area contributed by atoms with Crippen molar-refractivity contribution in [2.75, 3.05) is 6.61 Å². The number of halogens is 2. The number of carbonyl (C=O) groups excluding carboxylic acids is 1. The fourth-order valence-corrected chi connectivity index (χ4v) is 2.47. The van der Waals surface area contributed by atoms with Crippen LogP contribution in [0.25, 0.3) is 0 Å². The number of aromatic amines is 1. The molecule has 1 heterocycles.